The van der Waals surface area contributed by atoms with Crippen molar-refractivity contribution in [1.82, 2.24) is 24.4 Å². The Labute approximate surface area is 265 Å². The molecule has 1 N–H and O–H groups in total. The summed E-state index contributed by atoms with van der Waals surface area (Å²) in [6, 6.07) is 39.8. The number of hydrogen-bond acceptors (Lipinski definition) is 4. The minimum absolute atomic E-state index is 0.340. The number of fused-ring (bicyclic) bond motifs is 2. The van der Waals surface area contributed by atoms with Crippen LogP contribution < -0.4 is 10.2 Å². The summed E-state index contributed by atoms with van der Waals surface area (Å²) in [6.07, 6.45) is 7.10. The predicted molar refractivity (Wildman–Crippen MR) is 185 cm³/mol. The molecule has 2 aromatic heterocycles. The summed E-state index contributed by atoms with van der Waals surface area (Å²) in [5.41, 5.74) is 7.12. The summed E-state index contributed by atoms with van der Waals surface area (Å²) in [6.45, 7) is 4.02. The molecule has 2 saturated heterocycles. The Morgan fingerprint density at radius 2 is 1.36 bits per heavy atom. The fourth-order valence-corrected chi connectivity index (χ4v) is 7.90. The van der Waals surface area contributed by atoms with Gasteiger partial charge < -0.3 is 19.4 Å². The van der Waals surface area contributed by atoms with Gasteiger partial charge in [0.2, 0.25) is 5.95 Å². The topological polar surface area (TPSA) is 50.9 Å². The third kappa shape index (κ3) is 5.53. The highest BCUT2D eigenvalue weighted by Gasteiger charge is 2.35. The number of aromatic nitrogens is 4. The Hall–Kier alpha value is -4.42. The van der Waals surface area contributed by atoms with Crippen LogP contribution in [0.1, 0.15) is 50.1 Å². The van der Waals surface area contributed by atoms with Gasteiger partial charge in [0.15, 0.2) is 0 Å². The molecule has 4 heterocycles. The second-order valence-electron chi connectivity index (χ2n) is 12.9. The fourth-order valence-electron chi connectivity index (χ4n) is 7.90. The maximum Gasteiger partial charge on any atom is 0.207 e. The zero-order chi connectivity index (χ0) is 30.0. The molecule has 0 saturated carbocycles. The summed E-state index contributed by atoms with van der Waals surface area (Å²) < 4.78 is 5.09. The molecule has 2 atom stereocenters. The molecule has 0 aliphatic carbocycles. The van der Waals surface area contributed by atoms with Gasteiger partial charge in [-0.15, -0.1) is 0 Å². The van der Waals surface area contributed by atoms with Gasteiger partial charge in [0.1, 0.15) is 5.82 Å². The molecule has 2 aliphatic heterocycles. The lowest BCUT2D eigenvalue weighted by molar-refractivity contribution is 0.230. The molecule has 2 aliphatic rings. The second kappa shape index (κ2) is 12.5. The SMILES string of the molecule is c1ccc(Cn2c(N3CCCCC3CC(C3CCNCC3)n3c(-c4ccccc4)nc4ccccc43)nc3ccccc32)cc1. The smallest absolute Gasteiger partial charge is 0.207 e. The van der Waals surface area contributed by atoms with Crippen molar-refractivity contribution in [3.63, 3.8) is 0 Å². The number of anilines is 1. The highest BCUT2D eigenvalue weighted by Crippen LogP contribution is 2.40. The van der Waals surface area contributed by atoms with Gasteiger partial charge in [-0.1, -0.05) is 84.9 Å². The van der Waals surface area contributed by atoms with Crippen molar-refractivity contribution in [1.29, 1.82) is 0 Å². The highest BCUT2D eigenvalue weighted by atomic mass is 15.3. The van der Waals surface area contributed by atoms with Crippen LogP contribution in [-0.2, 0) is 6.54 Å². The van der Waals surface area contributed by atoms with Crippen molar-refractivity contribution in [3.05, 3.63) is 115 Å². The van der Waals surface area contributed by atoms with Crippen LogP contribution in [0.2, 0.25) is 0 Å². The molecule has 6 aromatic rings. The Morgan fingerprint density at radius 1 is 0.689 bits per heavy atom. The van der Waals surface area contributed by atoms with Crippen LogP contribution in [0.3, 0.4) is 0 Å². The Morgan fingerprint density at radius 3 is 2.13 bits per heavy atom. The van der Waals surface area contributed by atoms with Gasteiger partial charge in [-0.25, -0.2) is 9.97 Å². The minimum atomic E-state index is 0.340. The number of benzene rings is 4. The van der Waals surface area contributed by atoms with Crippen LogP contribution in [-0.4, -0.2) is 44.8 Å². The lowest BCUT2D eigenvalue weighted by Gasteiger charge is -2.41. The number of nitrogens with zero attached hydrogens (tertiary/aromatic N) is 5. The van der Waals surface area contributed by atoms with Gasteiger partial charge in [-0.3, -0.25) is 0 Å². The third-order valence-electron chi connectivity index (χ3n) is 10.1. The molecule has 0 amide bonds. The molecule has 4 aromatic carbocycles. The summed E-state index contributed by atoms with van der Waals surface area (Å²) in [5, 5.41) is 3.63. The maximum atomic E-state index is 5.34. The zero-order valence-corrected chi connectivity index (χ0v) is 25.9. The van der Waals surface area contributed by atoms with Crippen LogP contribution >= 0.6 is 0 Å². The van der Waals surface area contributed by atoms with Crippen molar-refractivity contribution in [2.45, 2.75) is 57.2 Å². The predicted octanol–water partition coefficient (Wildman–Crippen LogP) is 8.09. The molecular formula is C39H42N6. The number of nitrogens with one attached hydrogen (secondary N) is 1. The summed E-state index contributed by atoms with van der Waals surface area (Å²) in [4.78, 5) is 13.3. The van der Waals surface area contributed by atoms with E-state index in [0.717, 1.165) is 55.4 Å². The molecule has 6 nitrogen and oxygen atoms in total. The Balaban J connectivity index is 1.23. The first kappa shape index (κ1) is 28.1. The molecule has 8 rings (SSSR count). The third-order valence-corrected chi connectivity index (χ3v) is 10.1. The van der Waals surface area contributed by atoms with Gasteiger partial charge in [-0.2, -0.15) is 0 Å². The normalized spacial score (nSPS) is 18.5. The molecular weight excluding hydrogens is 552 g/mol. The lowest BCUT2D eigenvalue weighted by atomic mass is 9.83. The van der Waals surface area contributed by atoms with Crippen LogP contribution in [0.5, 0.6) is 0 Å². The van der Waals surface area contributed by atoms with E-state index >= 15 is 0 Å². The largest absolute Gasteiger partial charge is 0.339 e. The quantitative estimate of drug-likeness (QED) is 0.194. The number of hydrogen-bond donors (Lipinski definition) is 1. The van der Waals surface area contributed by atoms with E-state index in [1.165, 1.54) is 54.3 Å². The van der Waals surface area contributed by atoms with Crippen LogP contribution in [0.15, 0.2) is 109 Å². The molecule has 0 bridgehead atoms. The Bertz CT molecular complexity index is 1870. The maximum absolute atomic E-state index is 5.34. The number of imidazole rings is 2. The van der Waals surface area contributed by atoms with Crippen LogP contribution in [0.4, 0.5) is 5.95 Å². The standard InChI is InChI=1S/C39H42N6/c1-3-13-29(14-4-1)28-44-35-20-9-7-18-33(35)42-39(44)43-26-12-11-17-32(43)27-37(30-22-24-40-25-23-30)45-36-21-10-8-19-34(36)41-38(45)31-15-5-2-6-16-31/h1-10,13-16,18-21,30,32,37,40H,11-12,17,22-28H2. The number of rotatable bonds is 8. The van der Waals surface area contributed by atoms with Crippen molar-refractivity contribution >= 4 is 28.0 Å². The Kier molecular flexibility index (Phi) is 7.82. The first-order valence-corrected chi connectivity index (χ1v) is 16.8. The summed E-state index contributed by atoms with van der Waals surface area (Å²) in [7, 11) is 0. The summed E-state index contributed by atoms with van der Waals surface area (Å²) >= 11 is 0. The van der Waals surface area contributed by atoms with Crippen LogP contribution in [0.25, 0.3) is 33.5 Å². The second-order valence-corrected chi connectivity index (χ2v) is 12.9. The number of piperidine rings is 2. The van der Waals surface area contributed by atoms with Crippen LogP contribution in [0, 0.1) is 5.92 Å². The minimum Gasteiger partial charge on any atom is -0.339 e. The first-order valence-electron chi connectivity index (χ1n) is 16.8. The average Bonchev–Trinajstić information content (AvgIpc) is 3.67. The average molecular weight is 595 g/mol. The van der Waals surface area contributed by atoms with Gasteiger partial charge in [0.05, 0.1) is 28.6 Å². The van der Waals surface area contributed by atoms with Gasteiger partial charge >= 0.3 is 0 Å². The highest BCUT2D eigenvalue weighted by molar-refractivity contribution is 5.81. The zero-order valence-electron chi connectivity index (χ0n) is 25.9. The monoisotopic (exact) mass is 594 g/mol. The molecule has 2 fully saturated rings. The molecule has 228 valence electrons. The molecule has 45 heavy (non-hydrogen) atoms. The van der Waals surface area contributed by atoms with E-state index in [9.17, 15) is 0 Å². The van der Waals surface area contributed by atoms with Crippen molar-refractivity contribution in [3.8, 4) is 11.4 Å². The molecule has 6 heteroatoms. The molecule has 0 spiro atoms. The van der Waals surface area contributed by atoms with Gasteiger partial charge in [0.25, 0.3) is 0 Å². The van der Waals surface area contributed by atoms with Crippen molar-refractivity contribution in [2.24, 2.45) is 5.92 Å². The number of para-hydroxylation sites is 4. The van der Waals surface area contributed by atoms with E-state index in [2.05, 4.69) is 129 Å². The van der Waals surface area contributed by atoms with E-state index < -0.39 is 0 Å². The van der Waals surface area contributed by atoms with Crippen molar-refractivity contribution < 1.29 is 0 Å². The van der Waals surface area contributed by atoms with E-state index in [1.54, 1.807) is 0 Å². The fraction of sp³-hybridized carbons (Fsp3) is 0.333. The molecule has 2 unspecified atom stereocenters. The van der Waals surface area contributed by atoms with E-state index in [4.69, 9.17) is 9.97 Å². The van der Waals surface area contributed by atoms with Gasteiger partial charge in [0, 0.05) is 24.2 Å². The van der Waals surface area contributed by atoms with E-state index in [-0.39, 0.29) is 0 Å². The first-order chi connectivity index (χ1) is 22.3. The summed E-state index contributed by atoms with van der Waals surface area (Å²) in [5.74, 6) is 2.80. The molecule has 0 radical (unpaired) electrons. The van der Waals surface area contributed by atoms with Gasteiger partial charge in [-0.05, 0) is 87.4 Å². The van der Waals surface area contributed by atoms with Crippen molar-refractivity contribution in [2.75, 3.05) is 24.5 Å². The van der Waals surface area contributed by atoms with E-state index in [0.29, 0.717) is 18.0 Å². The lowest BCUT2D eigenvalue weighted by Crippen LogP contribution is -2.44. The van der Waals surface area contributed by atoms with E-state index in [1.807, 2.05) is 0 Å².